The third-order valence-corrected chi connectivity index (χ3v) is 5.44. The van der Waals surface area contributed by atoms with E-state index in [1.165, 1.54) is 44.3 Å². The minimum Gasteiger partial charge on any atom is -0.465 e. The molecule has 1 N–H and O–H groups in total. The molecule has 2 fully saturated rings. The van der Waals surface area contributed by atoms with Crippen molar-refractivity contribution in [1.82, 2.24) is 5.32 Å². The van der Waals surface area contributed by atoms with Gasteiger partial charge in [-0.3, -0.25) is 4.79 Å². The highest BCUT2D eigenvalue weighted by Gasteiger charge is 2.33. The number of thioether (sulfide) groups is 1. The first-order valence-corrected chi connectivity index (χ1v) is 8.97. The molecule has 19 heavy (non-hydrogen) atoms. The summed E-state index contributed by atoms with van der Waals surface area (Å²) in [4.78, 5) is 12.2. The maximum Gasteiger partial charge on any atom is 0.323 e. The van der Waals surface area contributed by atoms with Crippen LogP contribution in [0.5, 0.6) is 0 Å². The lowest BCUT2D eigenvalue weighted by Crippen LogP contribution is -2.48. The highest BCUT2D eigenvalue weighted by Crippen LogP contribution is 2.28. The number of hydrogen-bond donors (Lipinski definition) is 1. The van der Waals surface area contributed by atoms with Crippen molar-refractivity contribution in [1.29, 1.82) is 0 Å². The number of carbonyl (C=O) groups is 1. The molecule has 1 saturated heterocycles. The van der Waals surface area contributed by atoms with Gasteiger partial charge < -0.3 is 10.1 Å². The first-order valence-electron chi connectivity index (χ1n) is 7.81. The van der Waals surface area contributed by atoms with Crippen molar-refractivity contribution in [3.8, 4) is 0 Å². The molecule has 1 aliphatic carbocycles. The number of carbonyl (C=O) groups excluding carboxylic acids is 1. The molecule has 2 atom stereocenters. The van der Waals surface area contributed by atoms with Gasteiger partial charge in [0, 0.05) is 6.04 Å². The number of esters is 1. The van der Waals surface area contributed by atoms with Gasteiger partial charge in [-0.05, 0) is 43.6 Å². The second-order valence-corrected chi connectivity index (χ2v) is 6.86. The highest BCUT2D eigenvalue weighted by atomic mass is 32.2. The molecule has 0 aromatic carbocycles. The zero-order valence-corrected chi connectivity index (χ0v) is 12.8. The Morgan fingerprint density at radius 1 is 1.26 bits per heavy atom. The fourth-order valence-corrected chi connectivity index (χ4v) is 4.44. The summed E-state index contributed by atoms with van der Waals surface area (Å²) in [5.74, 6) is 2.72. The van der Waals surface area contributed by atoms with Crippen LogP contribution in [0.2, 0.25) is 0 Å². The maximum atomic E-state index is 12.2. The molecule has 0 bridgehead atoms. The molecule has 0 aromatic rings. The Morgan fingerprint density at radius 3 is 2.58 bits per heavy atom. The van der Waals surface area contributed by atoms with Crippen LogP contribution in [-0.2, 0) is 9.53 Å². The second kappa shape index (κ2) is 8.15. The molecule has 0 amide bonds. The van der Waals surface area contributed by atoms with E-state index in [0.717, 1.165) is 12.2 Å². The summed E-state index contributed by atoms with van der Waals surface area (Å²) in [6, 6.07) is 0.445. The first-order chi connectivity index (χ1) is 9.31. The smallest absolute Gasteiger partial charge is 0.323 e. The SMILES string of the molecule is CCOC(=O)C(NC1CCCCCC1)C1CCSC1. The van der Waals surface area contributed by atoms with E-state index in [1.807, 2.05) is 18.7 Å². The fourth-order valence-electron chi connectivity index (χ4n) is 3.14. The molecule has 2 rings (SSSR count). The molecule has 1 heterocycles. The zero-order chi connectivity index (χ0) is 13.5. The van der Waals surface area contributed by atoms with Gasteiger partial charge in [0.05, 0.1) is 6.61 Å². The summed E-state index contributed by atoms with van der Waals surface area (Å²) >= 11 is 1.96. The monoisotopic (exact) mass is 285 g/mol. The Bertz CT molecular complexity index is 271. The molecule has 4 heteroatoms. The summed E-state index contributed by atoms with van der Waals surface area (Å²) in [5, 5.41) is 3.63. The van der Waals surface area contributed by atoms with E-state index in [2.05, 4.69) is 5.32 Å². The van der Waals surface area contributed by atoms with Crippen LogP contribution >= 0.6 is 11.8 Å². The Hall–Kier alpha value is -0.220. The van der Waals surface area contributed by atoms with Gasteiger partial charge in [0.1, 0.15) is 6.04 Å². The van der Waals surface area contributed by atoms with Gasteiger partial charge in [0.15, 0.2) is 0 Å². The lowest BCUT2D eigenvalue weighted by Gasteiger charge is -2.27. The molecule has 110 valence electrons. The van der Waals surface area contributed by atoms with Crippen molar-refractivity contribution in [2.24, 2.45) is 5.92 Å². The molecular formula is C15H27NO2S. The van der Waals surface area contributed by atoms with Crippen molar-refractivity contribution in [3.05, 3.63) is 0 Å². The summed E-state index contributed by atoms with van der Waals surface area (Å²) in [6.45, 7) is 2.38. The van der Waals surface area contributed by atoms with E-state index in [-0.39, 0.29) is 12.0 Å². The highest BCUT2D eigenvalue weighted by molar-refractivity contribution is 7.99. The van der Waals surface area contributed by atoms with E-state index >= 15 is 0 Å². The van der Waals surface area contributed by atoms with E-state index < -0.39 is 0 Å². The second-order valence-electron chi connectivity index (χ2n) is 5.71. The lowest BCUT2D eigenvalue weighted by molar-refractivity contribution is -0.147. The molecule has 0 aromatic heterocycles. The van der Waals surface area contributed by atoms with E-state index in [9.17, 15) is 4.79 Å². The van der Waals surface area contributed by atoms with Crippen LogP contribution in [0, 0.1) is 5.92 Å². The van der Waals surface area contributed by atoms with Crippen LogP contribution in [-0.4, -0.2) is 36.2 Å². The van der Waals surface area contributed by atoms with Crippen LogP contribution in [0.3, 0.4) is 0 Å². The third-order valence-electron chi connectivity index (χ3n) is 4.25. The molecule has 1 saturated carbocycles. The molecule has 1 aliphatic heterocycles. The zero-order valence-electron chi connectivity index (χ0n) is 12.0. The van der Waals surface area contributed by atoms with Crippen molar-refractivity contribution < 1.29 is 9.53 Å². The number of nitrogens with one attached hydrogen (secondary N) is 1. The minimum atomic E-state index is -0.0713. The van der Waals surface area contributed by atoms with E-state index in [4.69, 9.17) is 4.74 Å². The predicted molar refractivity (Wildman–Crippen MR) is 80.5 cm³/mol. The lowest BCUT2D eigenvalue weighted by atomic mass is 9.97. The molecule has 3 nitrogen and oxygen atoms in total. The summed E-state index contributed by atoms with van der Waals surface area (Å²) in [7, 11) is 0. The summed E-state index contributed by atoms with van der Waals surface area (Å²) < 4.78 is 5.28. The third kappa shape index (κ3) is 4.67. The van der Waals surface area contributed by atoms with Gasteiger partial charge >= 0.3 is 5.97 Å². The predicted octanol–water partition coefficient (Wildman–Crippen LogP) is 2.98. The van der Waals surface area contributed by atoms with Crippen molar-refractivity contribution in [2.75, 3.05) is 18.1 Å². The van der Waals surface area contributed by atoms with E-state index in [0.29, 0.717) is 18.6 Å². The quantitative estimate of drug-likeness (QED) is 0.622. The standard InChI is InChI=1S/C15H27NO2S/c1-2-18-15(17)14(12-9-10-19-11-12)16-13-7-5-3-4-6-8-13/h12-14,16H,2-11H2,1H3. The van der Waals surface area contributed by atoms with Crippen LogP contribution in [0.4, 0.5) is 0 Å². The van der Waals surface area contributed by atoms with Crippen molar-refractivity contribution in [3.63, 3.8) is 0 Å². The van der Waals surface area contributed by atoms with Gasteiger partial charge in [-0.15, -0.1) is 0 Å². The molecule has 2 unspecified atom stereocenters. The summed E-state index contributed by atoms with van der Waals surface area (Å²) in [6.07, 6.45) is 8.88. The normalized spacial score (nSPS) is 26.9. The van der Waals surface area contributed by atoms with Crippen LogP contribution < -0.4 is 5.32 Å². The minimum absolute atomic E-state index is 0.0285. The average molecular weight is 285 g/mol. The Balaban J connectivity index is 1.93. The largest absolute Gasteiger partial charge is 0.465 e. The fraction of sp³-hybridized carbons (Fsp3) is 0.933. The Labute approximate surface area is 121 Å². The molecular weight excluding hydrogens is 258 g/mol. The maximum absolute atomic E-state index is 12.2. The van der Waals surface area contributed by atoms with Crippen molar-refractivity contribution in [2.45, 2.75) is 64.0 Å². The average Bonchev–Trinajstić information content (AvgIpc) is 2.80. The van der Waals surface area contributed by atoms with Gasteiger partial charge in [-0.1, -0.05) is 25.7 Å². The topological polar surface area (TPSA) is 38.3 Å². The van der Waals surface area contributed by atoms with Crippen LogP contribution in [0.1, 0.15) is 51.9 Å². The molecule has 0 radical (unpaired) electrons. The van der Waals surface area contributed by atoms with E-state index in [1.54, 1.807) is 0 Å². The molecule has 0 spiro atoms. The van der Waals surface area contributed by atoms with Gasteiger partial charge in [-0.2, -0.15) is 11.8 Å². The Kier molecular flexibility index (Phi) is 6.51. The molecule has 2 aliphatic rings. The summed E-state index contributed by atoms with van der Waals surface area (Å²) in [5.41, 5.74) is 0. The number of ether oxygens (including phenoxy) is 1. The number of rotatable bonds is 5. The van der Waals surface area contributed by atoms with Gasteiger partial charge in [0.25, 0.3) is 0 Å². The van der Waals surface area contributed by atoms with Crippen molar-refractivity contribution >= 4 is 17.7 Å². The van der Waals surface area contributed by atoms with Crippen LogP contribution in [0.25, 0.3) is 0 Å². The van der Waals surface area contributed by atoms with Gasteiger partial charge in [0.2, 0.25) is 0 Å². The number of hydrogen-bond acceptors (Lipinski definition) is 4. The Morgan fingerprint density at radius 2 is 2.00 bits per heavy atom. The van der Waals surface area contributed by atoms with Gasteiger partial charge in [-0.25, -0.2) is 0 Å². The van der Waals surface area contributed by atoms with Crippen LogP contribution in [0.15, 0.2) is 0 Å². The first kappa shape index (κ1) is 15.2.